The van der Waals surface area contributed by atoms with Crippen molar-refractivity contribution in [2.75, 3.05) is 26.0 Å². The van der Waals surface area contributed by atoms with Gasteiger partial charge >= 0.3 is 0 Å². The number of imidazole rings is 1. The Kier molecular flexibility index (Phi) is 4.25. The molecular weight excluding hydrogens is 186 g/mol. The highest BCUT2D eigenvalue weighted by Gasteiger charge is 1.99. The molecule has 0 aliphatic rings. The van der Waals surface area contributed by atoms with Gasteiger partial charge in [0, 0.05) is 37.9 Å². The third-order valence-corrected chi connectivity index (χ3v) is 2.28. The minimum absolute atomic E-state index is 0.694. The highest BCUT2D eigenvalue weighted by atomic mass is 35.5. The van der Waals surface area contributed by atoms with Gasteiger partial charge in [-0.15, -0.1) is 11.6 Å². The van der Waals surface area contributed by atoms with E-state index in [-0.39, 0.29) is 0 Å². The summed E-state index contributed by atoms with van der Waals surface area (Å²) in [6.45, 7) is 4.96. The molecule has 0 bridgehead atoms. The topological polar surface area (TPSA) is 21.1 Å². The predicted octanol–water partition coefficient (Wildman–Crippen LogP) is 1.36. The van der Waals surface area contributed by atoms with Crippen molar-refractivity contribution in [1.29, 1.82) is 0 Å². The highest BCUT2D eigenvalue weighted by molar-refractivity contribution is 6.18. The molecule has 1 heterocycles. The largest absolute Gasteiger partial charge is 0.334 e. The zero-order valence-corrected chi connectivity index (χ0v) is 8.96. The molecule has 0 fully saturated rings. The summed E-state index contributed by atoms with van der Waals surface area (Å²) >= 11 is 5.63. The zero-order chi connectivity index (χ0) is 9.68. The Balaban J connectivity index is 2.30. The maximum atomic E-state index is 5.63. The van der Waals surface area contributed by atoms with Crippen LogP contribution in [0.3, 0.4) is 0 Å². The molecule has 1 aromatic heterocycles. The Morgan fingerprint density at radius 3 is 2.85 bits per heavy atom. The van der Waals surface area contributed by atoms with E-state index in [9.17, 15) is 0 Å². The molecular formula is C9H16ClN3. The fraction of sp³-hybridized carbons (Fsp3) is 0.667. The number of aryl methyl sites for hydroxylation is 1. The van der Waals surface area contributed by atoms with Crippen LogP contribution in [-0.4, -0.2) is 40.5 Å². The zero-order valence-electron chi connectivity index (χ0n) is 8.20. The van der Waals surface area contributed by atoms with Crippen LogP contribution in [0.4, 0.5) is 0 Å². The minimum atomic E-state index is 0.694. The first-order valence-electron chi connectivity index (χ1n) is 4.46. The molecule has 0 unspecified atom stereocenters. The van der Waals surface area contributed by atoms with Gasteiger partial charge in [0.2, 0.25) is 0 Å². The first-order valence-corrected chi connectivity index (χ1v) is 4.99. The number of hydrogen-bond donors (Lipinski definition) is 0. The van der Waals surface area contributed by atoms with Crippen molar-refractivity contribution >= 4 is 11.6 Å². The summed E-state index contributed by atoms with van der Waals surface area (Å²) in [6, 6.07) is 0. The standard InChI is InChI=1S/C9H16ClN3/c1-9-11-4-6-13(9)8-7-12(2)5-3-10/h4,6H,3,5,7-8H2,1-2H3. The van der Waals surface area contributed by atoms with Crippen LogP contribution in [0, 0.1) is 6.92 Å². The van der Waals surface area contributed by atoms with E-state index < -0.39 is 0 Å². The fourth-order valence-corrected chi connectivity index (χ4v) is 1.46. The molecule has 0 N–H and O–H groups in total. The van der Waals surface area contributed by atoms with Gasteiger partial charge in [0.05, 0.1) is 0 Å². The van der Waals surface area contributed by atoms with E-state index in [2.05, 4.69) is 21.5 Å². The van der Waals surface area contributed by atoms with Crippen LogP contribution in [0.5, 0.6) is 0 Å². The van der Waals surface area contributed by atoms with E-state index in [1.54, 1.807) is 0 Å². The molecule has 0 saturated heterocycles. The van der Waals surface area contributed by atoms with Crippen molar-refractivity contribution in [1.82, 2.24) is 14.5 Å². The predicted molar refractivity (Wildman–Crippen MR) is 55.2 cm³/mol. The molecule has 3 nitrogen and oxygen atoms in total. The van der Waals surface area contributed by atoms with E-state index in [4.69, 9.17) is 11.6 Å². The van der Waals surface area contributed by atoms with Crippen molar-refractivity contribution in [3.63, 3.8) is 0 Å². The minimum Gasteiger partial charge on any atom is -0.334 e. The molecule has 0 spiro atoms. The van der Waals surface area contributed by atoms with Crippen LogP contribution in [0.25, 0.3) is 0 Å². The van der Waals surface area contributed by atoms with Gasteiger partial charge in [-0.3, -0.25) is 0 Å². The van der Waals surface area contributed by atoms with Gasteiger partial charge in [0.1, 0.15) is 5.82 Å². The lowest BCUT2D eigenvalue weighted by Crippen LogP contribution is -2.25. The third-order valence-electron chi connectivity index (χ3n) is 2.11. The number of nitrogens with zero attached hydrogens (tertiary/aromatic N) is 3. The lowest BCUT2D eigenvalue weighted by molar-refractivity contribution is 0.335. The Bertz CT molecular complexity index is 247. The molecule has 1 aromatic rings. The Hall–Kier alpha value is -0.540. The van der Waals surface area contributed by atoms with E-state index in [1.807, 2.05) is 19.3 Å². The first kappa shape index (κ1) is 10.5. The summed E-state index contributed by atoms with van der Waals surface area (Å²) in [5, 5.41) is 0. The number of likely N-dealkylation sites (N-methyl/N-ethyl adjacent to an activating group) is 1. The van der Waals surface area contributed by atoms with Crippen molar-refractivity contribution in [2.24, 2.45) is 0 Å². The quantitative estimate of drug-likeness (QED) is 0.671. The summed E-state index contributed by atoms with van der Waals surface area (Å²) in [5.74, 6) is 1.76. The van der Waals surface area contributed by atoms with Gasteiger partial charge in [0.25, 0.3) is 0 Å². The molecule has 0 aliphatic carbocycles. The van der Waals surface area contributed by atoms with E-state index in [1.165, 1.54) is 0 Å². The van der Waals surface area contributed by atoms with Gasteiger partial charge in [0.15, 0.2) is 0 Å². The van der Waals surface area contributed by atoms with Gasteiger partial charge in [-0.25, -0.2) is 4.98 Å². The second kappa shape index (κ2) is 5.25. The highest BCUT2D eigenvalue weighted by Crippen LogP contribution is 1.95. The maximum Gasteiger partial charge on any atom is 0.105 e. The molecule has 0 saturated carbocycles. The number of rotatable bonds is 5. The molecule has 0 aromatic carbocycles. The van der Waals surface area contributed by atoms with Gasteiger partial charge in [-0.2, -0.15) is 0 Å². The van der Waals surface area contributed by atoms with Crippen LogP contribution in [-0.2, 0) is 6.54 Å². The normalized spacial score (nSPS) is 11.1. The summed E-state index contributed by atoms with van der Waals surface area (Å²) in [7, 11) is 2.08. The van der Waals surface area contributed by atoms with Gasteiger partial charge in [-0.1, -0.05) is 0 Å². The lowest BCUT2D eigenvalue weighted by Gasteiger charge is -2.15. The van der Waals surface area contributed by atoms with E-state index in [0.717, 1.165) is 25.5 Å². The molecule has 4 heteroatoms. The number of halogens is 1. The van der Waals surface area contributed by atoms with Crippen LogP contribution < -0.4 is 0 Å². The number of alkyl halides is 1. The van der Waals surface area contributed by atoms with E-state index in [0.29, 0.717) is 5.88 Å². The monoisotopic (exact) mass is 201 g/mol. The van der Waals surface area contributed by atoms with Crippen molar-refractivity contribution < 1.29 is 0 Å². The third kappa shape index (κ3) is 3.36. The van der Waals surface area contributed by atoms with Crippen LogP contribution in [0.1, 0.15) is 5.82 Å². The average Bonchev–Trinajstić information content (AvgIpc) is 2.48. The Morgan fingerprint density at radius 2 is 2.31 bits per heavy atom. The maximum absolute atomic E-state index is 5.63. The number of hydrogen-bond acceptors (Lipinski definition) is 2. The van der Waals surface area contributed by atoms with Crippen molar-refractivity contribution in [3.05, 3.63) is 18.2 Å². The first-order chi connectivity index (χ1) is 6.24. The lowest BCUT2D eigenvalue weighted by atomic mass is 10.5. The van der Waals surface area contributed by atoms with Crippen LogP contribution in [0.2, 0.25) is 0 Å². The molecule has 0 aliphatic heterocycles. The Labute approximate surface area is 84.3 Å². The summed E-state index contributed by atoms with van der Waals surface area (Å²) in [6.07, 6.45) is 3.83. The molecule has 1 rings (SSSR count). The second-order valence-electron chi connectivity index (χ2n) is 3.16. The second-order valence-corrected chi connectivity index (χ2v) is 3.54. The van der Waals surface area contributed by atoms with Crippen LogP contribution >= 0.6 is 11.6 Å². The van der Waals surface area contributed by atoms with Crippen LogP contribution in [0.15, 0.2) is 12.4 Å². The molecule has 0 radical (unpaired) electrons. The number of aromatic nitrogens is 2. The van der Waals surface area contributed by atoms with Gasteiger partial charge in [-0.05, 0) is 14.0 Å². The smallest absolute Gasteiger partial charge is 0.105 e. The molecule has 74 valence electrons. The van der Waals surface area contributed by atoms with E-state index >= 15 is 0 Å². The van der Waals surface area contributed by atoms with Gasteiger partial charge < -0.3 is 9.47 Å². The molecule has 13 heavy (non-hydrogen) atoms. The summed E-state index contributed by atoms with van der Waals surface area (Å²) < 4.78 is 2.14. The molecule has 0 amide bonds. The average molecular weight is 202 g/mol. The summed E-state index contributed by atoms with van der Waals surface area (Å²) in [4.78, 5) is 6.37. The molecule has 0 atom stereocenters. The Morgan fingerprint density at radius 1 is 1.54 bits per heavy atom. The SMILES string of the molecule is Cc1nccn1CCN(C)CCCl. The fourth-order valence-electron chi connectivity index (χ4n) is 1.17. The van der Waals surface area contributed by atoms with Crippen molar-refractivity contribution in [2.45, 2.75) is 13.5 Å². The summed E-state index contributed by atoms with van der Waals surface area (Å²) in [5.41, 5.74) is 0. The van der Waals surface area contributed by atoms with Crippen molar-refractivity contribution in [3.8, 4) is 0 Å².